The van der Waals surface area contributed by atoms with Gasteiger partial charge in [0.25, 0.3) is 0 Å². The zero-order chi connectivity index (χ0) is 10.9. The fraction of sp³-hybridized carbons (Fsp3) is 0.500. The summed E-state index contributed by atoms with van der Waals surface area (Å²) in [5.74, 6) is -0.203. The lowest BCUT2D eigenvalue weighted by atomic mass is 10.1. The van der Waals surface area contributed by atoms with Crippen LogP contribution in [-0.4, -0.2) is 17.3 Å². The molecule has 15 heavy (non-hydrogen) atoms. The molecule has 0 amide bonds. The molecule has 0 radical (unpaired) electrons. The van der Waals surface area contributed by atoms with Crippen molar-refractivity contribution in [3.8, 4) is 0 Å². The molecule has 1 aromatic rings. The monoisotopic (exact) mass is 209 g/mol. The summed E-state index contributed by atoms with van der Waals surface area (Å²) in [5, 5.41) is 12.4. The molecule has 2 nitrogen and oxygen atoms in total. The van der Waals surface area contributed by atoms with Gasteiger partial charge in [-0.25, -0.2) is 4.39 Å². The Hall–Kier alpha value is -0.930. The highest BCUT2D eigenvalue weighted by Gasteiger charge is 2.41. The SMILES string of the molecule is Cc1ccc(F)cc1CNC1(CO)CC1. The van der Waals surface area contributed by atoms with Crippen LogP contribution in [0.2, 0.25) is 0 Å². The van der Waals surface area contributed by atoms with Gasteiger partial charge in [-0.05, 0) is 43.0 Å². The maximum atomic E-state index is 13.0. The van der Waals surface area contributed by atoms with Crippen molar-refractivity contribution in [2.24, 2.45) is 0 Å². The lowest BCUT2D eigenvalue weighted by molar-refractivity contribution is 0.229. The molecule has 1 fully saturated rings. The highest BCUT2D eigenvalue weighted by Crippen LogP contribution is 2.34. The molecule has 0 aliphatic heterocycles. The summed E-state index contributed by atoms with van der Waals surface area (Å²) >= 11 is 0. The van der Waals surface area contributed by atoms with Crippen molar-refractivity contribution >= 4 is 0 Å². The molecule has 1 aliphatic carbocycles. The van der Waals surface area contributed by atoms with Crippen LogP contribution < -0.4 is 5.32 Å². The van der Waals surface area contributed by atoms with Gasteiger partial charge in [0.15, 0.2) is 0 Å². The summed E-state index contributed by atoms with van der Waals surface area (Å²) in [6, 6.07) is 4.80. The van der Waals surface area contributed by atoms with Crippen molar-refractivity contribution in [2.45, 2.75) is 31.8 Å². The predicted octanol–water partition coefficient (Wildman–Crippen LogP) is 1.75. The second-order valence-electron chi connectivity index (χ2n) is 4.36. The van der Waals surface area contributed by atoms with E-state index >= 15 is 0 Å². The molecule has 82 valence electrons. The zero-order valence-electron chi connectivity index (χ0n) is 8.89. The molecule has 3 heteroatoms. The first kappa shape index (κ1) is 10.6. The van der Waals surface area contributed by atoms with Crippen molar-refractivity contribution in [3.63, 3.8) is 0 Å². The van der Waals surface area contributed by atoms with Crippen LogP contribution >= 0.6 is 0 Å². The van der Waals surface area contributed by atoms with Crippen molar-refractivity contribution in [2.75, 3.05) is 6.61 Å². The molecular weight excluding hydrogens is 193 g/mol. The molecular formula is C12H16FNO. The summed E-state index contributed by atoms with van der Waals surface area (Å²) in [5.41, 5.74) is 1.96. The minimum atomic E-state index is -0.203. The molecule has 1 aliphatic rings. The number of rotatable bonds is 4. The maximum Gasteiger partial charge on any atom is 0.123 e. The van der Waals surface area contributed by atoms with Gasteiger partial charge < -0.3 is 10.4 Å². The van der Waals surface area contributed by atoms with E-state index in [1.165, 1.54) is 6.07 Å². The summed E-state index contributed by atoms with van der Waals surface area (Å²) in [4.78, 5) is 0. The van der Waals surface area contributed by atoms with E-state index in [-0.39, 0.29) is 18.0 Å². The highest BCUT2D eigenvalue weighted by atomic mass is 19.1. The predicted molar refractivity (Wildman–Crippen MR) is 57.0 cm³/mol. The fourth-order valence-corrected chi connectivity index (χ4v) is 1.65. The van der Waals surface area contributed by atoms with E-state index in [9.17, 15) is 4.39 Å². The molecule has 0 unspecified atom stereocenters. The molecule has 1 aromatic carbocycles. The molecule has 0 atom stereocenters. The third-order valence-corrected chi connectivity index (χ3v) is 3.12. The molecule has 2 rings (SSSR count). The fourth-order valence-electron chi connectivity index (χ4n) is 1.65. The number of nitrogens with one attached hydrogen (secondary N) is 1. The van der Waals surface area contributed by atoms with Crippen LogP contribution in [0.5, 0.6) is 0 Å². The molecule has 0 spiro atoms. The Kier molecular flexibility index (Phi) is 2.76. The van der Waals surface area contributed by atoms with E-state index in [1.54, 1.807) is 12.1 Å². The third-order valence-electron chi connectivity index (χ3n) is 3.12. The van der Waals surface area contributed by atoms with E-state index in [0.717, 1.165) is 24.0 Å². The average molecular weight is 209 g/mol. The number of benzene rings is 1. The van der Waals surface area contributed by atoms with Gasteiger partial charge in [-0.15, -0.1) is 0 Å². The summed E-state index contributed by atoms with van der Waals surface area (Å²) in [6.45, 7) is 2.76. The molecule has 0 saturated heterocycles. The summed E-state index contributed by atoms with van der Waals surface area (Å²) in [7, 11) is 0. The summed E-state index contributed by atoms with van der Waals surface area (Å²) < 4.78 is 13.0. The molecule has 2 N–H and O–H groups in total. The molecule has 0 bridgehead atoms. The van der Waals surface area contributed by atoms with Gasteiger partial charge in [0.05, 0.1) is 6.61 Å². The van der Waals surface area contributed by atoms with Gasteiger partial charge in [0, 0.05) is 12.1 Å². The van der Waals surface area contributed by atoms with Crippen LogP contribution in [-0.2, 0) is 6.54 Å². The Morgan fingerprint density at radius 1 is 1.47 bits per heavy atom. The second kappa shape index (κ2) is 3.91. The second-order valence-corrected chi connectivity index (χ2v) is 4.36. The Morgan fingerprint density at radius 3 is 2.80 bits per heavy atom. The number of hydrogen-bond donors (Lipinski definition) is 2. The first-order valence-electron chi connectivity index (χ1n) is 5.26. The van der Waals surface area contributed by atoms with E-state index in [4.69, 9.17) is 5.11 Å². The van der Waals surface area contributed by atoms with E-state index in [2.05, 4.69) is 5.32 Å². The van der Waals surface area contributed by atoms with Gasteiger partial charge in [-0.1, -0.05) is 6.07 Å². The molecule has 1 saturated carbocycles. The quantitative estimate of drug-likeness (QED) is 0.791. The van der Waals surface area contributed by atoms with Crippen LogP contribution in [0.15, 0.2) is 18.2 Å². The highest BCUT2D eigenvalue weighted by molar-refractivity contribution is 5.26. The zero-order valence-corrected chi connectivity index (χ0v) is 8.89. The van der Waals surface area contributed by atoms with Crippen LogP contribution in [0.4, 0.5) is 4.39 Å². The van der Waals surface area contributed by atoms with Gasteiger partial charge in [-0.2, -0.15) is 0 Å². The van der Waals surface area contributed by atoms with Crippen LogP contribution in [0.25, 0.3) is 0 Å². The number of aliphatic hydroxyl groups excluding tert-OH is 1. The van der Waals surface area contributed by atoms with Crippen LogP contribution in [0.1, 0.15) is 24.0 Å². The first-order valence-corrected chi connectivity index (χ1v) is 5.26. The van der Waals surface area contributed by atoms with Crippen LogP contribution in [0.3, 0.4) is 0 Å². The van der Waals surface area contributed by atoms with Gasteiger partial charge in [-0.3, -0.25) is 0 Å². The van der Waals surface area contributed by atoms with Crippen molar-refractivity contribution in [3.05, 3.63) is 35.1 Å². The first-order chi connectivity index (χ1) is 7.15. The minimum absolute atomic E-state index is 0.0846. The number of aliphatic hydroxyl groups is 1. The lowest BCUT2D eigenvalue weighted by Gasteiger charge is -2.15. The van der Waals surface area contributed by atoms with E-state index < -0.39 is 0 Å². The Bertz CT molecular complexity index is 361. The van der Waals surface area contributed by atoms with Crippen molar-refractivity contribution in [1.82, 2.24) is 5.32 Å². The molecule has 0 heterocycles. The smallest absolute Gasteiger partial charge is 0.123 e. The summed E-state index contributed by atoms with van der Waals surface area (Å²) in [6.07, 6.45) is 2.02. The standard InChI is InChI=1S/C12H16FNO/c1-9-2-3-11(13)6-10(9)7-14-12(8-15)4-5-12/h2-3,6,14-15H,4-5,7-8H2,1H3. The van der Waals surface area contributed by atoms with Gasteiger partial charge >= 0.3 is 0 Å². The Labute approximate surface area is 89.1 Å². The Morgan fingerprint density at radius 2 is 2.20 bits per heavy atom. The normalized spacial score (nSPS) is 17.8. The molecule has 0 aromatic heterocycles. The van der Waals surface area contributed by atoms with Gasteiger partial charge in [0.2, 0.25) is 0 Å². The third kappa shape index (κ3) is 2.36. The number of hydrogen-bond acceptors (Lipinski definition) is 2. The van der Waals surface area contributed by atoms with Gasteiger partial charge in [0.1, 0.15) is 5.82 Å². The Balaban J connectivity index is 2.01. The minimum Gasteiger partial charge on any atom is -0.394 e. The average Bonchev–Trinajstić information content (AvgIpc) is 3.00. The lowest BCUT2D eigenvalue weighted by Crippen LogP contribution is -2.34. The number of aryl methyl sites for hydroxylation is 1. The van der Waals surface area contributed by atoms with Crippen LogP contribution in [0, 0.1) is 12.7 Å². The topological polar surface area (TPSA) is 32.3 Å². The largest absolute Gasteiger partial charge is 0.394 e. The van der Waals surface area contributed by atoms with E-state index in [0.29, 0.717) is 6.54 Å². The van der Waals surface area contributed by atoms with Crippen molar-refractivity contribution < 1.29 is 9.50 Å². The van der Waals surface area contributed by atoms with Crippen molar-refractivity contribution in [1.29, 1.82) is 0 Å². The van der Waals surface area contributed by atoms with E-state index in [1.807, 2.05) is 6.92 Å². The number of halogens is 1. The maximum absolute atomic E-state index is 13.0.